The highest BCUT2D eigenvalue weighted by Crippen LogP contribution is 2.26. The monoisotopic (exact) mass is 140 g/mol. The Hall–Kier alpha value is -0.300. The summed E-state index contributed by atoms with van der Waals surface area (Å²) < 4.78 is 0. The molecule has 0 aromatic carbocycles. The second-order valence-corrected chi connectivity index (χ2v) is 3.16. The van der Waals surface area contributed by atoms with Crippen molar-refractivity contribution in [1.82, 2.24) is 0 Å². The van der Waals surface area contributed by atoms with Gasteiger partial charge in [-0.05, 0) is 25.2 Å². The first-order valence-electron chi connectivity index (χ1n) is 4.12. The molecule has 0 aromatic heterocycles. The predicted octanol–water partition coefficient (Wildman–Crippen LogP) is 2.11. The average Bonchev–Trinajstić information content (AvgIpc) is 2.34. The molecule has 0 heterocycles. The van der Waals surface area contributed by atoms with E-state index in [0.717, 1.165) is 12.8 Å². The zero-order valence-corrected chi connectivity index (χ0v) is 6.80. The third-order valence-corrected chi connectivity index (χ3v) is 2.38. The molecule has 0 saturated heterocycles. The van der Waals surface area contributed by atoms with Crippen LogP contribution in [0.3, 0.4) is 0 Å². The number of rotatable bonds is 2. The van der Waals surface area contributed by atoms with E-state index in [1.807, 2.05) is 6.08 Å². The summed E-state index contributed by atoms with van der Waals surface area (Å²) in [4.78, 5) is 0. The maximum atomic E-state index is 9.17. The van der Waals surface area contributed by atoms with Gasteiger partial charge in [-0.1, -0.05) is 25.5 Å². The Labute approximate surface area is 62.8 Å². The van der Waals surface area contributed by atoms with Crippen LogP contribution in [0.2, 0.25) is 0 Å². The highest BCUT2D eigenvalue weighted by Gasteiger charge is 2.15. The van der Waals surface area contributed by atoms with Gasteiger partial charge in [-0.2, -0.15) is 0 Å². The van der Waals surface area contributed by atoms with Gasteiger partial charge < -0.3 is 5.11 Å². The van der Waals surface area contributed by atoms with Gasteiger partial charge in [0.25, 0.3) is 0 Å². The van der Waals surface area contributed by atoms with Crippen molar-refractivity contribution in [1.29, 1.82) is 0 Å². The maximum absolute atomic E-state index is 9.17. The quantitative estimate of drug-likeness (QED) is 0.582. The molecule has 0 spiro atoms. The highest BCUT2D eigenvalue weighted by atomic mass is 16.3. The number of hydrogen-bond donors (Lipinski definition) is 1. The van der Waals surface area contributed by atoms with E-state index in [-0.39, 0.29) is 6.10 Å². The van der Waals surface area contributed by atoms with Crippen molar-refractivity contribution in [3.63, 3.8) is 0 Å². The molecule has 0 fully saturated rings. The molecule has 1 nitrogen and oxygen atoms in total. The van der Waals surface area contributed by atoms with E-state index in [1.165, 1.54) is 12.0 Å². The minimum atomic E-state index is -0.149. The standard InChI is InChI=1S/C9H16O/c1-3-7(2)8-4-5-9(10)6-8/h6-7,9-10H,3-5H2,1-2H3. The van der Waals surface area contributed by atoms with Gasteiger partial charge in [-0.3, -0.25) is 0 Å². The van der Waals surface area contributed by atoms with E-state index >= 15 is 0 Å². The molecule has 0 radical (unpaired) electrons. The molecule has 2 atom stereocenters. The van der Waals surface area contributed by atoms with Gasteiger partial charge in [0, 0.05) is 0 Å². The molecule has 1 aliphatic rings. The van der Waals surface area contributed by atoms with Gasteiger partial charge in [0.2, 0.25) is 0 Å². The normalized spacial score (nSPS) is 28.3. The molecule has 1 aliphatic carbocycles. The van der Waals surface area contributed by atoms with Gasteiger partial charge in [-0.15, -0.1) is 0 Å². The van der Waals surface area contributed by atoms with E-state index < -0.39 is 0 Å². The zero-order chi connectivity index (χ0) is 7.56. The molecule has 0 aromatic rings. The van der Waals surface area contributed by atoms with Crippen molar-refractivity contribution in [3.8, 4) is 0 Å². The van der Waals surface area contributed by atoms with Crippen molar-refractivity contribution in [2.75, 3.05) is 0 Å². The Balaban J connectivity index is 2.48. The summed E-state index contributed by atoms with van der Waals surface area (Å²) in [7, 11) is 0. The minimum absolute atomic E-state index is 0.149. The molecular formula is C9H16O. The van der Waals surface area contributed by atoms with Crippen LogP contribution in [0.25, 0.3) is 0 Å². The molecular weight excluding hydrogens is 124 g/mol. The van der Waals surface area contributed by atoms with E-state index in [2.05, 4.69) is 13.8 Å². The fraction of sp³-hybridized carbons (Fsp3) is 0.778. The lowest BCUT2D eigenvalue weighted by atomic mass is 9.98. The lowest BCUT2D eigenvalue weighted by Gasteiger charge is -2.07. The number of aliphatic hydroxyl groups excluding tert-OH is 1. The first kappa shape index (κ1) is 7.80. The first-order chi connectivity index (χ1) is 4.74. The van der Waals surface area contributed by atoms with Crippen LogP contribution < -0.4 is 0 Å². The van der Waals surface area contributed by atoms with Gasteiger partial charge in [0.1, 0.15) is 0 Å². The van der Waals surface area contributed by atoms with Crippen molar-refractivity contribution in [3.05, 3.63) is 11.6 Å². The summed E-state index contributed by atoms with van der Waals surface area (Å²) in [6.45, 7) is 4.42. The lowest BCUT2D eigenvalue weighted by Crippen LogP contribution is -1.94. The molecule has 2 unspecified atom stereocenters. The maximum Gasteiger partial charge on any atom is 0.0726 e. The summed E-state index contributed by atoms with van der Waals surface area (Å²) >= 11 is 0. The second-order valence-electron chi connectivity index (χ2n) is 3.16. The van der Waals surface area contributed by atoms with Crippen LogP contribution in [0, 0.1) is 5.92 Å². The van der Waals surface area contributed by atoms with Crippen molar-refractivity contribution >= 4 is 0 Å². The Morgan fingerprint density at radius 1 is 1.80 bits per heavy atom. The minimum Gasteiger partial charge on any atom is -0.389 e. The number of hydrogen-bond acceptors (Lipinski definition) is 1. The van der Waals surface area contributed by atoms with Gasteiger partial charge in [-0.25, -0.2) is 0 Å². The Morgan fingerprint density at radius 3 is 2.90 bits per heavy atom. The fourth-order valence-corrected chi connectivity index (χ4v) is 1.40. The van der Waals surface area contributed by atoms with Crippen LogP contribution in [0.1, 0.15) is 33.1 Å². The largest absolute Gasteiger partial charge is 0.389 e. The number of allylic oxidation sites excluding steroid dienone is 1. The molecule has 10 heavy (non-hydrogen) atoms. The smallest absolute Gasteiger partial charge is 0.0726 e. The molecule has 1 N–H and O–H groups in total. The molecule has 0 amide bonds. The molecule has 1 rings (SSSR count). The third-order valence-electron chi connectivity index (χ3n) is 2.38. The summed E-state index contributed by atoms with van der Waals surface area (Å²) in [5.74, 6) is 0.678. The first-order valence-corrected chi connectivity index (χ1v) is 4.12. The van der Waals surface area contributed by atoms with E-state index in [4.69, 9.17) is 5.11 Å². The van der Waals surface area contributed by atoms with Gasteiger partial charge in [0.05, 0.1) is 6.10 Å². The molecule has 0 saturated carbocycles. The highest BCUT2D eigenvalue weighted by molar-refractivity contribution is 5.14. The second kappa shape index (κ2) is 3.20. The summed E-state index contributed by atoms with van der Waals surface area (Å²) in [5, 5.41) is 9.17. The Morgan fingerprint density at radius 2 is 2.50 bits per heavy atom. The summed E-state index contributed by atoms with van der Waals surface area (Å²) in [5.41, 5.74) is 1.45. The van der Waals surface area contributed by atoms with E-state index in [0.29, 0.717) is 5.92 Å². The topological polar surface area (TPSA) is 20.2 Å². The molecule has 0 bridgehead atoms. The summed E-state index contributed by atoms with van der Waals surface area (Å²) in [6.07, 6.45) is 5.12. The molecule has 0 aliphatic heterocycles. The van der Waals surface area contributed by atoms with Crippen LogP contribution >= 0.6 is 0 Å². The molecule has 58 valence electrons. The molecule has 1 heteroatoms. The summed E-state index contributed by atoms with van der Waals surface area (Å²) in [6, 6.07) is 0. The Kier molecular flexibility index (Phi) is 2.50. The Bertz CT molecular complexity index is 138. The third kappa shape index (κ3) is 1.60. The van der Waals surface area contributed by atoms with Gasteiger partial charge in [0.15, 0.2) is 0 Å². The van der Waals surface area contributed by atoms with Crippen LogP contribution in [-0.4, -0.2) is 11.2 Å². The van der Waals surface area contributed by atoms with E-state index in [1.54, 1.807) is 0 Å². The lowest BCUT2D eigenvalue weighted by molar-refractivity contribution is 0.223. The zero-order valence-electron chi connectivity index (χ0n) is 6.80. The van der Waals surface area contributed by atoms with Crippen LogP contribution in [-0.2, 0) is 0 Å². The fourth-order valence-electron chi connectivity index (χ4n) is 1.40. The van der Waals surface area contributed by atoms with Crippen LogP contribution in [0.15, 0.2) is 11.6 Å². The van der Waals surface area contributed by atoms with Gasteiger partial charge >= 0.3 is 0 Å². The average molecular weight is 140 g/mol. The van der Waals surface area contributed by atoms with Crippen molar-refractivity contribution < 1.29 is 5.11 Å². The van der Waals surface area contributed by atoms with Crippen molar-refractivity contribution in [2.24, 2.45) is 5.92 Å². The van der Waals surface area contributed by atoms with Crippen molar-refractivity contribution in [2.45, 2.75) is 39.2 Å². The van der Waals surface area contributed by atoms with E-state index in [9.17, 15) is 0 Å². The predicted molar refractivity (Wildman–Crippen MR) is 42.8 cm³/mol. The SMILES string of the molecule is CCC(C)C1=CC(O)CC1. The number of aliphatic hydroxyl groups is 1. The van der Waals surface area contributed by atoms with Crippen LogP contribution in [0.5, 0.6) is 0 Å². The van der Waals surface area contributed by atoms with Crippen LogP contribution in [0.4, 0.5) is 0 Å².